The van der Waals surface area contributed by atoms with Gasteiger partial charge in [0.2, 0.25) is 0 Å². The molecule has 8 heteroatoms. The molecule has 3 rings (SSSR count). The van der Waals surface area contributed by atoms with Crippen molar-refractivity contribution in [3.63, 3.8) is 0 Å². The van der Waals surface area contributed by atoms with Gasteiger partial charge in [0.15, 0.2) is 5.13 Å². The number of carbonyl (C=O) groups excluding carboxylic acids is 1. The fraction of sp³-hybridized carbons (Fsp3) is 0.0667. The number of hydrogen-bond donors (Lipinski definition) is 1. The van der Waals surface area contributed by atoms with Gasteiger partial charge in [-0.25, -0.2) is 4.98 Å². The van der Waals surface area contributed by atoms with E-state index in [4.69, 9.17) is 11.6 Å². The van der Waals surface area contributed by atoms with Crippen molar-refractivity contribution in [2.24, 2.45) is 0 Å². The van der Waals surface area contributed by atoms with Crippen LogP contribution in [0.15, 0.2) is 42.5 Å². The van der Waals surface area contributed by atoms with Gasteiger partial charge in [0.25, 0.3) is 5.91 Å². The Bertz CT molecular complexity index is 892. The summed E-state index contributed by atoms with van der Waals surface area (Å²) in [5.41, 5.74) is -0.822. The summed E-state index contributed by atoms with van der Waals surface area (Å²) in [6.45, 7) is 0. The Kier molecular flexibility index (Phi) is 3.99. The SMILES string of the molecule is O=C(Nc1nc2ccc(Cl)cc2s1)c1ccccc1C(F)(F)F. The van der Waals surface area contributed by atoms with Crippen LogP contribution in [0, 0.1) is 0 Å². The predicted molar refractivity (Wildman–Crippen MR) is 84.0 cm³/mol. The molecule has 118 valence electrons. The van der Waals surface area contributed by atoms with Crippen LogP contribution in [0.4, 0.5) is 18.3 Å². The number of benzene rings is 2. The molecular weight excluding hydrogens is 349 g/mol. The van der Waals surface area contributed by atoms with E-state index in [0.717, 1.165) is 28.2 Å². The third-order valence-electron chi connectivity index (χ3n) is 3.05. The summed E-state index contributed by atoms with van der Waals surface area (Å²) in [6, 6.07) is 9.60. The van der Waals surface area contributed by atoms with Crippen LogP contribution in [0.25, 0.3) is 10.2 Å². The van der Waals surface area contributed by atoms with Crippen LogP contribution >= 0.6 is 22.9 Å². The molecule has 0 unspecified atom stereocenters. The molecule has 0 aliphatic carbocycles. The number of halogens is 4. The van der Waals surface area contributed by atoms with Crippen molar-refractivity contribution in [2.45, 2.75) is 6.18 Å². The minimum atomic E-state index is -4.60. The maximum absolute atomic E-state index is 13.0. The second-order valence-corrected chi connectivity index (χ2v) is 6.10. The molecule has 0 saturated heterocycles. The number of aromatic nitrogens is 1. The molecule has 0 aliphatic heterocycles. The van der Waals surface area contributed by atoms with Gasteiger partial charge in [0.05, 0.1) is 21.3 Å². The van der Waals surface area contributed by atoms with Crippen LogP contribution in [0.5, 0.6) is 0 Å². The van der Waals surface area contributed by atoms with Crippen LogP contribution in [-0.4, -0.2) is 10.9 Å². The molecule has 0 spiro atoms. The lowest BCUT2D eigenvalue weighted by Crippen LogP contribution is -2.18. The highest BCUT2D eigenvalue weighted by atomic mass is 35.5. The van der Waals surface area contributed by atoms with E-state index in [-0.39, 0.29) is 5.13 Å². The van der Waals surface area contributed by atoms with Gasteiger partial charge in [-0.1, -0.05) is 35.1 Å². The third-order valence-corrected chi connectivity index (χ3v) is 4.22. The van der Waals surface area contributed by atoms with Crippen molar-refractivity contribution in [1.29, 1.82) is 0 Å². The molecule has 1 N–H and O–H groups in total. The number of carbonyl (C=O) groups is 1. The number of fused-ring (bicyclic) bond motifs is 1. The van der Waals surface area contributed by atoms with Crippen molar-refractivity contribution >= 4 is 44.2 Å². The number of anilines is 1. The van der Waals surface area contributed by atoms with Crippen molar-refractivity contribution < 1.29 is 18.0 Å². The lowest BCUT2D eigenvalue weighted by Gasteiger charge is -2.11. The van der Waals surface area contributed by atoms with E-state index in [0.29, 0.717) is 10.5 Å². The van der Waals surface area contributed by atoms with Gasteiger partial charge in [0, 0.05) is 5.02 Å². The standard InChI is InChI=1S/C15H8ClF3N2OS/c16-8-5-6-11-12(7-8)23-14(20-11)21-13(22)9-3-1-2-4-10(9)15(17,18)19/h1-7H,(H,20,21,22). The van der Waals surface area contributed by atoms with E-state index in [1.54, 1.807) is 18.2 Å². The van der Waals surface area contributed by atoms with Gasteiger partial charge >= 0.3 is 6.18 Å². The minimum Gasteiger partial charge on any atom is -0.298 e. The zero-order valence-electron chi connectivity index (χ0n) is 11.3. The molecule has 3 aromatic rings. The fourth-order valence-electron chi connectivity index (χ4n) is 2.04. The topological polar surface area (TPSA) is 42.0 Å². The number of thiazole rings is 1. The highest BCUT2D eigenvalue weighted by Gasteiger charge is 2.34. The van der Waals surface area contributed by atoms with E-state index in [1.165, 1.54) is 12.1 Å². The van der Waals surface area contributed by atoms with Crippen molar-refractivity contribution in [2.75, 3.05) is 5.32 Å². The summed E-state index contributed by atoms with van der Waals surface area (Å²) in [7, 11) is 0. The van der Waals surface area contributed by atoms with Crippen LogP contribution in [0.3, 0.4) is 0 Å². The van der Waals surface area contributed by atoms with Crippen LogP contribution in [0.2, 0.25) is 5.02 Å². The van der Waals surface area contributed by atoms with E-state index in [9.17, 15) is 18.0 Å². The summed E-state index contributed by atoms with van der Waals surface area (Å²) < 4.78 is 39.6. The van der Waals surface area contributed by atoms with Crippen LogP contribution < -0.4 is 5.32 Å². The lowest BCUT2D eigenvalue weighted by molar-refractivity contribution is -0.137. The molecule has 0 atom stereocenters. The zero-order chi connectivity index (χ0) is 16.6. The van der Waals surface area contributed by atoms with Crippen molar-refractivity contribution in [3.05, 3.63) is 58.6 Å². The second kappa shape index (κ2) is 5.82. The molecule has 0 saturated carbocycles. The average Bonchev–Trinajstić information content (AvgIpc) is 2.87. The summed E-state index contributed by atoms with van der Waals surface area (Å²) in [5, 5.41) is 3.13. The molecule has 0 aliphatic rings. The molecule has 0 bridgehead atoms. The number of hydrogen-bond acceptors (Lipinski definition) is 3. The minimum absolute atomic E-state index is 0.212. The van der Waals surface area contributed by atoms with Gasteiger partial charge in [-0.2, -0.15) is 13.2 Å². The first-order valence-electron chi connectivity index (χ1n) is 6.38. The van der Waals surface area contributed by atoms with Crippen molar-refractivity contribution in [1.82, 2.24) is 4.98 Å². The maximum atomic E-state index is 13.0. The molecule has 1 heterocycles. The second-order valence-electron chi connectivity index (χ2n) is 4.63. The molecule has 0 radical (unpaired) electrons. The smallest absolute Gasteiger partial charge is 0.298 e. The van der Waals surface area contributed by atoms with Gasteiger partial charge in [-0.15, -0.1) is 0 Å². The molecule has 2 aromatic carbocycles. The van der Waals surface area contributed by atoms with Crippen molar-refractivity contribution in [3.8, 4) is 0 Å². The summed E-state index contributed by atoms with van der Waals surface area (Å²) >= 11 is 7.01. The highest BCUT2D eigenvalue weighted by Crippen LogP contribution is 2.33. The molecular formula is C15H8ClF3N2OS. The van der Waals surface area contributed by atoms with Gasteiger partial charge in [-0.05, 0) is 30.3 Å². The number of alkyl halides is 3. The predicted octanol–water partition coefficient (Wildman–Crippen LogP) is 5.22. The van der Waals surface area contributed by atoms with E-state index < -0.39 is 23.2 Å². The van der Waals surface area contributed by atoms with Crippen LogP contribution in [0.1, 0.15) is 15.9 Å². The first-order chi connectivity index (χ1) is 10.8. The maximum Gasteiger partial charge on any atom is 0.417 e. The molecule has 23 heavy (non-hydrogen) atoms. The van der Waals surface area contributed by atoms with Gasteiger partial charge < -0.3 is 0 Å². The molecule has 3 nitrogen and oxygen atoms in total. The van der Waals surface area contributed by atoms with E-state index in [2.05, 4.69) is 10.3 Å². The largest absolute Gasteiger partial charge is 0.417 e. The molecule has 1 aromatic heterocycles. The lowest BCUT2D eigenvalue weighted by atomic mass is 10.1. The number of amides is 1. The highest BCUT2D eigenvalue weighted by molar-refractivity contribution is 7.22. The Hall–Kier alpha value is -2.12. The van der Waals surface area contributed by atoms with Gasteiger partial charge in [-0.3, -0.25) is 10.1 Å². The van der Waals surface area contributed by atoms with Gasteiger partial charge in [0.1, 0.15) is 0 Å². The number of rotatable bonds is 2. The first-order valence-corrected chi connectivity index (χ1v) is 7.58. The molecule has 1 amide bonds. The Labute approximate surface area is 137 Å². The monoisotopic (exact) mass is 356 g/mol. The third kappa shape index (κ3) is 3.30. The zero-order valence-corrected chi connectivity index (χ0v) is 12.9. The summed E-state index contributed by atoms with van der Waals surface area (Å²) in [5.74, 6) is -0.858. The first kappa shape index (κ1) is 15.8. The van der Waals surface area contributed by atoms with Crippen LogP contribution in [-0.2, 0) is 6.18 Å². The van der Waals surface area contributed by atoms with E-state index >= 15 is 0 Å². The Morgan fingerprint density at radius 2 is 1.91 bits per heavy atom. The molecule has 0 fully saturated rings. The Morgan fingerprint density at radius 1 is 1.17 bits per heavy atom. The van der Waals surface area contributed by atoms with E-state index in [1.807, 2.05) is 0 Å². The quantitative estimate of drug-likeness (QED) is 0.684. The average molecular weight is 357 g/mol. The number of nitrogens with one attached hydrogen (secondary N) is 1. The Balaban J connectivity index is 1.92. The fourth-order valence-corrected chi connectivity index (χ4v) is 3.18. The Morgan fingerprint density at radius 3 is 2.65 bits per heavy atom. The summed E-state index contributed by atoms with van der Waals surface area (Å²) in [4.78, 5) is 16.3. The number of nitrogens with zero attached hydrogens (tertiary/aromatic N) is 1. The summed E-state index contributed by atoms with van der Waals surface area (Å²) in [6.07, 6.45) is -4.60. The normalized spacial score (nSPS) is 11.7.